The number of para-hydroxylation sites is 1. The number of sulfonamides is 1. The molecule has 35 heavy (non-hydrogen) atoms. The van der Waals surface area contributed by atoms with Gasteiger partial charge in [0.1, 0.15) is 6.54 Å². The molecule has 3 aromatic carbocycles. The highest BCUT2D eigenvalue weighted by Crippen LogP contribution is 2.33. The first kappa shape index (κ1) is 26.1. The Bertz CT molecular complexity index is 1300. The molecule has 0 aliphatic carbocycles. The summed E-state index contributed by atoms with van der Waals surface area (Å²) in [7, 11) is -1.20. The molecule has 3 rings (SSSR count). The third-order valence-electron chi connectivity index (χ3n) is 5.58. The molecule has 0 heterocycles. The molecular weight excluding hydrogens is 464 g/mol. The zero-order valence-electron chi connectivity index (χ0n) is 21.0. The Hall–Kier alpha value is -3.52. The first-order valence-corrected chi connectivity index (χ1v) is 12.7. The number of hydrogen-bond acceptors (Lipinski definition) is 5. The van der Waals surface area contributed by atoms with Crippen LogP contribution >= 0.6 is 0 Å². The van der Waals surface area contributed by atoms with Gasteiger partial charge in [-0.25, -0.2) is 8.42 Å². The fourth-order valence-electron chi connectivity index (χ4n) is 3.95. The van der Waals surface area contributed by atoms with Crippen molar-refractivity contribution >= 4 is 27.3 Å². The van der Waals surface area contributed by atoms with Crippen LogP contribution in [0.3, 0.4) is 0 Å². The van der Waals surface area contributed by atoms with Crippen molar-refractivity contribution in [3.63, 3.8) is 0 Å². The molecule has 0 aliphatic rings. The number of nitrogens with zero attached hydrogens (tertiary/aromatic N) is 1. The van der Waals surface area contributed by atoms with Crippen molar-refractivity contribution in [2.75, 3.05) is 30.4 Å². The summed E-state index contributed by atoms with van der Waals surface area (Å²) in [6.45, 7) is 7.45. The van der Waals surface area contributed by atoms with Crippen LogP contribution in [-0.4, -0.2) is 35.1 Å². The molecule has 0 atom stereocenters. The van der Waals surface area contributed by atoms with Gasteiger partial charge in [-0.3, -0.25) is 9.10 Å². The van der Waals surface area contributed by atoms with Crippen molar-refractivity contribution < 1.29 is 22.7 Å². The number of rotatable bonds is 9. The number of ether oxygens (including phenoxy) is 2. The predicted molar refractivity (Wildman–Crippen MR) is 139 cm³/mol. The largest absolute Gasteiger partial charge is 0.493 e. The average molecular weight is 497 g/mol. The summed E-state index contributed by atoms with van der Waals surface area (Å²) in [5.41, 5.74) is 3.82. The number of anilines is 2. The SMILES string of the molecule is COc1ccc(S(=O)(=O)N(CC(=O)Nc2ccccc2C(C)C)c2cc(C)cc(C)c2)cc1OC. The van der Waals surface area contributed by atoms with Crippen LogP contribution in [0.25, 0.3) is 0 Å². The van der Waals surface area contributed by atoms with Gasteiger partial charge >= 0.3 is 0 Å². The Morgan fingerprint density at radius 2 is 1.54 bits per heavy atom. The van der Waals surface area contributed by atoms with E-state index < -0.39 is 22.5 Å². The third kappa shape index (κ3) is 5.95. The Labute approximate surface area is 207 Å². The highest BCUT2D eigenvalue weighted by atomic mass is 32.2. The van der Waals surface area contributed by atoms with Crippen LogP contribution in [0.4, 0.5) is 11.4 Å². The molecule has 0 radical (unpaired) electrons. The number of amides is 1. The van der Waals surface area contributed by atoms with E-state index in [4.69, 9.17) is 9.47 Å². The second kappa shape index (κ2) is 10.8. The lowest BCUT2D eigenvalue weighted by molar-refractivity contribution is -0.114. The fourth-order valence-corrected chi connectivity index (χ4v) is 5.37. The predicted octanol–water partition coefficient (Wildman–Crippen LogP) is 5.28. The summed E-state index contributed by atoms with van der Waals surface area (Å²) in [5, 5.41) is 2.90. The molecule has 0 aromatic heterocycles. The molecule has 0 aliphatic heterocycles. The van der Waals surface area contributed by atoms with Crippen molar-refractivity contribution in [3.05, 3.63) is 77.4 Å². The molecule has 186 valence electrons. The quantitative estimate of drug-likeness (QED) is 0.436. The average Bonchev–Trinajstić information content (AvgIpc) is 2.81. The van der Waals surface area contributed by atoms with E-state index in [1.807, 2.05) is 58.0 Å². The van der Waals surface area contributed by atoms with E-state index in [0.717, 1.165) is 21.0 Å². The van der Waals surface area contributed by atoms with Crippen molar-refractivity contribution in [1.29, 1.82) is 0 Å². The molecule has 7 nitrogen and oxygen atoms in total. The smallest absolute Gasteiger partial charge is 0.264 e. The van der Waals surface area contributed by atoms with Gasteiger partial charge in [0, 0.05) is 11.8 Å². The number of aryl methyl sites for hydroxylation is 2. The minimum absolute atomic E-state index is 0.00955. The zero-order chi connectivity index (χ0) is 25.8. The molecule has 0 saturated carbocycles. The second-order valence-corrected chi connectivity index (χ2v) is 10.5. The van der Waals surface area contributed by atoms with Crippen LogP contribution in [0.15, 0.2) is 65.6 Å². The number of nitrogens with one attached hydrogen (secondary N) is 1. The Kier molecular flexibility index (Phi) is 8.07. The number of methoxy groups -OCH3 is 2. The summed E-state index contributed by atoms with van der Waals surface area (Å²) < 4.78 is 39.3. The highest BCUT2D eigenvalue weighted by Gasteiger charge is 2.29. The minimum atomic E-state index is -4.12. The molecule has 0 unspecified atom stereocenters. The Morgan fingerprint density at radius 1 is 0.914 bits per heavy atom. The number of benzene rings is 3. The minimum Gasteiger partial charge on any atom is -0.493 e. The van der Waals surface area contributed by atoms with Crippen LogP contribution in [0, 0.1) is 13.8 Å². The lowest BCUT2D eigenvalue weighted by Crippen LogP contribution is -2.38. The molecule has 3 aromatic rings. The van der Waals surface area contributed by atoms with Gasteiger partial charge < -0.3 is 14.8 Å². The molecular formula is C27H32N2O5S. The van der Waals surface area contributed by atoms with E-state index >= 15 is 0 Å². The zero-order valence-corrected chi connectivity index (χ0v) is 21.8. The van der Waals surface area contributed by atoms with E-state index in [1.54, 1.807) is 12.1 Å². The van der Waals surface area contributed by atoms with Crippen molar-refractivity contribution in [2.45, 2.75) is 38.5 Å². The second-order valence-electron chi connectivity index (χ2n) is 8.66. The normalized spacial score (nSPS) is 11.3. The Balaban J connectivity index is 2.04. The van der Waals surface area contributed by atoms with Crippen LogP contribution < -0.4 is 19.1 Å². The van der Waals surface area contributed by atoms with Crippen LogP contribution in [0.2, 0.25) is 0 Å². The van der Waals surface area contributed by atoms with Gasteiger partial charge in [0.15, 0.2) is 11.5 Å². The van der Waals surface area contributed by atoms with E-state index in [1.165, 1.54) is 32.4 Å². The fraction of sp³-hybridized carbons (Fsp3) is 0.296. The van der Waals surface area contributed by atoms with E-state index in [-0.39, 0.29) is 16.6 Å². The van der Waals surface area contributed by atoms with E-state index in [2.05, 4.69) is 5.32 Å². The number of carbonyl (C=O) groups excluding carboxylic acids is 1. The molecule has 1 amide bonds. The monoisotopic (exact) mass is 496 g/mol. The van der Waals surface area contributed by atoms with E-state index in [9.17, 15) is 13.2 Å². The van der Waals surface area contributed by atoms with Gasteiger partial charge in [-0.1, -0.05) is 38.1 Å². The third-order valence-corrected chi connectivity index (χ3v) is 7.35. The molecule has 0 spiro atoms. The highest BCUT2D eigenvalue weighted by molar-refractivity contribution is 7.92. The van der Waals surface area contributed by atoms with Crippen molar-refractivity contribution in [2.24, 2.45) is 0 Å². The number of carbonyl (C=O) groups is 1. The maximum absolute atomic E-state index is 13.8. The summed E-state index contributed by atoms with van der Waals surface area (Å²) in [6, 6.07) is 17.3. The van der Waals surface area contributed by atoms with Crippen LogP contribution in [0.1, 0.15) is 36.5 Å². The first-order chi connectivity index (χ1) is 16.6. The molecule has 8 heteroatoms. The van der Waals surface area contributed by atoms with E-state index in [0.29, 0.717) is 17.1 Å². The van der Waals surface area contributed by atoms with Gasteiger partial charge in [0.2, 0.25) is 5.91 Å². The van der Waals surface area contributed by atoms with Crippen molar-refractivity contribution in [3.8, 4) is 11.5 Å². The summed E-state index contributed by atoms with van der Waals surface area (Å²) in [4.78, 5) is 13.2. The first-order valence-electron chi connectivity index (χ1n) is 11.3. The molecule has 0 bridgehead atoms. The lowest BCUT2D eigenvalue weighted by atomic mass is 10.0. The Morgan fingerprint density at radius 3 is 2.14 bits per heavy atom. The lowest BCUT2D eigenvalue weighted by Gasteiger charge is -2.25. The maximum Gasteiger partial charge on any atom is 0.264 e. The summed E-state index contributed by atoms with van der Waals surface area (Å²) in [6.07, 6.45) is 0. The number of hydrogen-bond donors (Lipinski definition) is 1. The van der Waals surface area contributed by atoms with Gasteiger partial charge in [-0.15, -0.1) is 0 Å². The van der Waals surface area contributed by atoms with Gasteiger partial charge in [-0.05, 0) is 66.8 Å². The van der Waals surface area contributed by atoms with Crippen LogP contribution in [-0.2, 0) is 14.8 Å². The van der Waals surface area contributed by atoms with Gasteiger partial charge in [0.05, 0.1) is 24.8 Å². The van der Waals surface area contributed by atoms with Gasteiger partial charge in [-0.2, -0.15) is 0 Å². The summed E-state index contributed by atoms with van der Waals surface area (Å²) in [5.74, 6) is 0.440. The van der Waals surface area contributed by atoms with Crippen molar-refractivity contribution in [1.82, 2.24) is 0 Å². The van der Waals surface area contributed by atoms with Crippen LogP contribution in [0.5, 0.6) is 11.5 Å². The molecule has 0 fully saturated rings. The summed E-state index contributed by atoms with van der Waals surface area (Å²) >= 11 is 0. The molecule has 1 N–H and O–H groups in total. The molecule has 0 saturated heterocycles. The van der Waals surface area contributed by atoms with Gasteiger partial charge in [0.25, 0.3) is 10.0 Å². The topological polar surface area (TPSA) is 84.9 Å². The maximum atomic E-state index is 13.8. The standard InChI is InChI=1S/C27H32N2O5S/c1-18(2)23-9-7-8-10-24(23)28-27(30)17-29(21-14-19(3)13-20(4)15-21)35(31,32)22-11-12-25(33-5)26(16-22)34-6/h7-16,18H,17H2,1-6H3,(H,28,30).